The Hall–Kier alpha value is -0.780. The van der Waals surface area contributed by atoms with Gasteiger partial charge in [-0.2, -0.15) is 13.2 Å². The molecule has 0 saturated carbocycles. The number of hydrogen-bond acceptors (Lipinski definition) is 2. The summed E-state index contributed by atoms with van der Waals surface area (Å²) >= 11 is 0. The molecule has 0 bridgehead atoms. The van der Waals surface area contributed by atoms with Gasteiger partial charge in [0.25, 0.3) is 0 Å². The van der Waals surface area contributed by atoms with Gasteiger partial charge in [0, 0.05) is 6.42 Å². The Morgan fingerprint density at radius 1 is 1.47 bits per heavy atom. The number of carbonyl (C=O) groups excluding carboxylic acids is 1. The molecule has 0 aromatic heterocycles. The lowest BCUT2D eigenvalue weighted by Gasteiger charge is -2.10. The molecular weight excluding hydrogens is 209 g/mol. The molecule has 0 aromatic rings. The standard InChI is InChI=1S/C9H15F3N2O/c10-9(11,12)6-14-8(15)2-1-7-3-4-13-5-7/h7,13H,1-6H2,(H,14,15). The molecule has 88 valence electrons. The number of carbonyl (C=O) groups is 1. The van der Waals surface area contributed by atoms with E-state index in [0.717, 1.165) is 19.5 Å². The minimum atomic E-state index is -4.31. The van der Waals surface area contributed by atoms with E-state index in [2.05, 4.69) is 5.32 Å². The van der Waals surface area contributed by atoms with Crippen LogP contribution < -0.4 is 10.6 Å². The number of halogens is 3. The van der Waals surface area contributed by atoms with Crippen LogP contribution in [0.1, 0.15) is 19.3 Å². The summed E-state index contributed by atoms with van der Waals surface area (Å²) in [5.74, 6) is -0.0825. The van der Waals surface area contributed by atoms with E-state index in [0.29, 0.717) is 12.3 Å². The van der Waals surface area contributed by atoms with Crippen molar-refractivity contribution in [3.8, 4) is 0 Å². The zero-order chi connectivity index (χ0) is 11.3. The normalized spacial score (nSPS) is 21.7. The fraction of sp³-hybridized carbons (Fsp3) is 0.889. The van der Waals surface area contributed by atoms with Crippen molar-refractivity contribution in [3.63, 3.8) is 0 Å². The fourth-order valence-electron chi connectivity index (χ4n) is 1.58. The van der Waals surface area contributed by atoms with Crippen LogP contribution in [-0.4, -0.2) is 31.7 Å². The molecule has 1 atom stereocenters. The monoisotopic (exact) mass is 224 g/mol. The lowest BCUT2D eigenvalue weighted by molar-refractivity contribution is -0.138. The molecule has 0 spiro atoms. The molecule has 15 heavy (non-hydrogen) atoms. The van der Waals surface area contributed by atoms with Crippen molar-refractivity contribution in [2.75, 3.05) is 19.6 Å². The van der Waals surface area contributed by atoms with Gasteiger partial charge in [0.05, 0.1) is 0 Å². The smallest absolute Gasteiger partial charge is 0.347 e. The molecule has 2 N–H and O–H groups in total. The van der Waals surface area contributed by atoms with Crippen molar-refractivity contribution in [2.45, 2.75) is 25.4 Å². The number of nitrogens with one attached hydrogen (secondary N) is 2. The highest BCUT2D eigenvalue weighted by Crippen LogP contribution is 2.15. The summed E-state index contributed by atoms with van der Waals surface area (Å²) in [5, 5.41) is 5.00. The van der Waals surface area contributed by atoms with Crippen molar-refractivity contribution < 1.29 is 18.0 Å². The maximum Gasteiger partial charge on any atom is 0.405 e. The Labute approximate surface area is 86.4 Å². The maximum absolute atomic E-state index is 11.7. The van der Waals surface area contributed by atoms with Gasteiger partial charge >= 0.3 is 6.18 Å². The molecule has 3 nitrogen and oxygen atoms in total. The van der Waals surface area contributed by atoms with Gasteiger partial charge in [0.1, 0.15) is 6.54 Å². The van der Waals surface area contributed by atoms with Crippen LogP contribution in [0.3, 0.4) is 0 Å². The Bertz CT molecular complexity index is 212. The Kier molecular flexibility index (Phi) is 4.38. The topological polar surface area (TPSA) is 41.1 Å². The van der Waals surface area contributed by atoms with Crippen LogP contribution in [-0.2, 0) is 4.79 Å². The van der Waals surface area contributed by atoms with E-state index >= 15 is 0 Å². The average Bonchev–Trinajstić information content (AvgIpc) is 2.62. The second-order valence-corrected chi connectivity index (χ2v) is 3.79. The highest BCUT2D eigenvalue weighted by atomic mass is 19.4. The first-order chi connectivity index (χ1) is 6.97. The van der Waals surface area contributed by atoms with Crippen molar-refractivity contribution in [1.82, 2.24) is 10.6 Å². The molecule has 6 heteroatoms. The van der Waals surface area contributed by atoms with Gasteiger partial charge in [-0.25, -0.2) is 0 Å². The molecule has 0 aliphatic carbocycles. The summed E-state index contributed by atoms with van der Waals surface area (Å²) in [7, 11) is 0. The highest BCUT2D eigenvalue weighted by Gasteiger charge is 2.27. The van der Waals surface area contributed by atoms with E-state index in [1.165, 1.54) is 0 Å². The minimum absolute atomic E-state index is 0.183. The third-order valence-corrected chi connectivity index (χ3v) is 2.43. The fourth-order valence-corrected chi connectivity index (χ4v) is 1.58. The van der Waals surface area contributed by atoms with E-state index < -0.39 is 18.6 Å². The van der Waals surface area contributed by atoms with Crippen molar-refractivity contribution in [2.24, 2.45) is 5.92 Å². The summed E-state index contributed by atoms with van der Waals surface area (Å²) in [5.41, 5.74) is 0. The van der Waals surface area contributed by atoms with Crippen LogP contribution in [0.4, 0.5) is 13.2 Å². The predicted octanol–water partition coefficient (Wildman–Crippen LogP) is 1.05. The average molecular weight is 224 g/mol. The summed E-state index contributed by atoms with van der Waals surface area (Å²) in [6, 6.07) is 0. The van der Waals surface area contributed by atoms with Crippen LogP contribution in [0.2, 0.25) is 0 Å². The van der Waals surface area contributed by atoms with Gasteiger partial charge < -0.3 is 10.6 Å². The molecule has 1 saturated heterocycles. The van der Waals surface area contributed by atoms with Gasteiger partial charge in [0.2, 0.25) is 5.91 Å². The highest BCUT2D eigenvalue weighted by molar-refractivity contribution is 5.75. The Balaban J connectivity index is 2.08. The predicted molar refractivity (Wildman–Crippen MR) is 49.3 cm³/mol. The van der Waals surface area contributed by atoms with E-state index in [4.69, 9.17) is 0 Å². The zero-order valence-corrected chi connectivity index (χ0v) is 8.36. The van der Waals surface area contributed by atoms with E-state index in [9.17, 15) is 18.0 Å². The van der Waals surface area contributed by atoms with Crippen LogP contribution in [0, 0.1) is 5.92 Å². The number of amides is 1. The second-order valence-electron chi connectivity index (χ2n) is 3.79. The molecule has 1 amide bonds. The molecule has 0 aromatic carbocycles. The first-order valence-corrected chi connectivity index (χ1v) is 5.01. The first kappa shape index (κ1) is 12.3. The summed E-state index contributed by atoms with van der Waals surface area (Å²) < 4.78 is 35.2. The molecule has 1 aliphatic rings. The molecule has 1 heterocycles. The van der Waals surface area contributed by atoms with Gasteiger partial charge in [0.15, 0.2) is 0 Å². The molecule has 1 aliphatic heterocycles. The summed E-state index contributed by atoms with van der Waals surface area (Å²) in [4.78, 5) is 11.0. The third kappa shape index (κ3) is 5.61. The van der Waals surface area contributed by atoms with Crippen LogP contribution in [0.25, 0.3) is 0 Å². The quantitative estimate of drug-likeness (QED) is 0.749. The zero-order valence-electron chi connectivity index (χ0n) is 8.36. The van der Waals surface area contributed by atoms with E-state index in [1.807, 2.05) is 5.32 Å². The summed E-state index contributed by atoms with van der Waals surface area (Å²) in [6.07, 6.45) is -2.46. The van der Waals surface area contributed by atoms with Crippen molar-refractivity contribution in [3.05, 3.63) is 0 Å². The van der Waals surface area contributed by atoms with Crippen molar-refractivity contribution in [1.29, 1.82) is 0 Å². The van der Waals surface area contributed by atoms with E-state index in [1.54, 1.807) is 0 Å². The van der Waals surface area contributed by atoms with Gasteiger partial charge in [-0.1, -0.05) is 0 Å². The van der Waals surface area contributed by atoms with Crippen molar-refractivity contribution >= 4 is 5.91 Å². The second kappa shape index (κ2) is 5.34. The van der Waals surface area contributed by atoms with E-state index in [-0.39, 0.29) is 6.42 Å². The molecular formula is C9H15F3N2O. The number of alkyl halides is 3. The molecule has 1 unspecified atom stereocenters. The van der Waals surface area contributed by atoms with Crippen LogP contribution >= 0.6 is 0 Å². The third-order valence-electron chi connectivity index (χ3n) is 2.43. The summed E-state index contributed by atoms with van der Waals surface area (Å²) in [6.45, 7) is 0.580. The minimum Gasteiger partial charge on any atom is -0.347 e. The Morgan fingerprint density at radius 3 is 2.73 bits per heavy atom. The van der Waals surface area contributed by atoms with Gasteiger partial charge in [-0.3, -0.25) is 4.79 Å². The largest absolute Gasteiger partial charge is 0.405 e. The number of rotatable bonds is 4. The van der Waals surface area contributed by atoms with Gasteiger partial charge in [-0.15, -0.1) is 0 Å². The van der Waals surface area contributed by atoms with Gasteiger partial charge in [-0.05, 0) is 31.8 Å². The lowest BCUT2D eigenvalue weighted by Crippen LogP contribution is -2.33. The SMILES string of the molecule is O=C(CCC1CCNC1)NCC(F)(F)F. The number of hydrogen-bond donors (Lipinski definition) is 2. The molecule has 1 rings (SSSR count). The maximum atomic E-state index is 11.7. The van der Waals surface area contributed by atoms with Crippen LogP contribution in [0.15, 0.2) is 0 Å². The Morgan fingerprint density at radius 2 is 2.20 bits per heavy atom. The first-order valence-electron chi connectivity index (χ1n) is 5.01. The molecule has 1 fully saturated rings. The lowest BCUT2D eigenvalue weighted by atomic mass is 10.0. The van der Waals surface area contributed by atoms with Crippen LogP contribution in [0.5, 0.6) is 0 Å². The molecule has 0 radical (unpaired) electrons.